The first-order valence-corrected chi connectivity index (χ1v) is 10.3. The van der Waals surface area contributed by atoms with E-state index in [1.807, 2.05) is 6.92 Å². The zero-order chi connectivity index (χ0) is 21.5. The van der Waals surface area contributed by atoms with Crippen LogP contribution in [0.1, 0.15) is 5.56 Å². The van der Waals surface area contributed by atoms with Gasteiger partial charge in [-0.25, -0.2) is 0 Å². The van der Waals surface area contributed by atoms with Gasteiger partial charge in [0, 0.05) is 23.8 Å². The molecule has 0 fully saturated rings. The molecule has 0 aliphatic carbocycles. The minimum absolute atomic E-state index is 0.0420. The maximum absolute atomic E-state index is 12.5. The van der Waals surface area contributed by atoms with E-state index in [0.29, 0.717) is 5.56 Å². The van der Waals surface area contributed by atoms with Crippen molar-refractivity contribution < 1.29 is 27.2 Å². The molecule has 3 aromatic carbocycles. The molecule has 2 N–H and O–H groups in total. The molecule has 0 radical (unpaired) electrons. The van der Waals surface area contributed by atoms with E-state index in [-0.39, 0.29) is 33.1 Å². The lowest BCUT2D eigenvalue weighted by Crippen LogP contribution is -2.10. The van der Waals surface area contributed by atoms with Crippen molar-refractivity contribution >= 4 is 21.1 Å². The number of rotatable bonds is 4. The predicted molar refractivity (Wildman–Crippen MR) is 110 cm³/mol. The minimum Gasteiger partial charge on any atom is -0.508 e. The Labute approximate surface area is 171 Å². The number of phenols is 2. The van der Waals surface area contributed by atoms with Crippen LogP contribution in [0.2, 0.25) is 0 Å². The van der Waals surface area contributed by atoms with Gasteiger partial charge in [-0.05, 0) is 43.3 Å². The Morgan fingerprint density at radius 2 is 1.57 bits per heavy atom. The van der Waals surface area contributed by atoms with Crippen molar-refractivity contribution in [3.8, 4) is 28.6 Å². The number of fused-ring (bicyclic) bond motifs is 1. The molecule has 0 spiro atoms. The molecule has 0 saturated heterocycles. The zero-order valence-corrected chi connectivity index (χ0v) is 16.5. The first kappa shape index (κ1) is 19.5. The van der Waals surface area contributed by atoms with Crippen molar-refractivity contribution in [2.45, 2.75) is 11.8 Å². The van der Waals surface area contributed by atoms with Crippen molar-refractivity contribution in [1.82, 2.24) is 0 Å². The maximum Gasteiger partial charge on any atom is 0.339 e. The van der Waals surface area contributed by atoms with E-state index >= 15 is 0 Å². The van der Waals surface area contributed by atoms with Crippen LogP contribution in [0.4, 0.5) is 0 Å². The Bertz CT molecular complexity index is 1400. The summed E-state index contributed by atoms with van der Waals surface area (Å²) in [5, 5.41) is 19.6. The quantitative estimate of drug-likeness (QED) is 0.477. The second-order valence-electron chi connectivity index (χ2n) is 6.69. The lowest BCUT2D eigenvalue weighted by atomic mass is 10.1. The van der Waals surface area contributed by atoms with Gasteiger partial charge in [-0.1, -0.05) is 17.7 Å². The van der Waals surface area contributed by atoms with Crippen LogP contribution < -0.4 is 9.61 Å². The summed E-state index contributed by atoms with van der Waals surface area (Å²) in [4.78, 5) is 12.4. The molecule has 1 heterocycles. The van der Waals surface area contributed by atoms with Crippen LogP contribution in [0.5, 0.6) is 17.2 Å². The summed E-state index contributed by atoms with van der Waals surface area (Å²) in [5.74, 6) is -0.429. The van der Waals surface area contributed by atoms with Crippen molar-refractivity contribution in [3.05, 3.63) is 82.5 Å². The summed E-state index contributed by atoms with van der Waals surface area (Å²) in [6.07, 6.45) is 0. The third kappa shape index (κ3) is 3.72. The SMILES string of the molecule is Cc1ccc(S(=O)(=O)Oc2cc(O)c3c(=O)cc(-c4ccc(O)cc4)oc3c2)cc1. The molecule has 30 heavy (non-hydrogen) atoms. The largest absolute Gasteiger partial charge is 0.508 e. The standard InChI is InChI=1S/C22H16O7S/c1-13-2-8-17(9-3-13)30(26,27)29-16-10-18(24)22-19(25)12-20(28-21(22)11-16)14-4-6-15(23)7-5-14/h2-12,23-24H,1H3. The predicted octanol–water partition coefficient (Wildman–Crippen LogP) is 3.95. The van der Waals surface area contributed by atoms with Crippen LogP contribution >= 0.6 is 0 Å². The summed E-state index contributed by atoms with van der Waals surface area (Å²) in [5.41, 5.74) is 0.857. The van der Waals surface area contributed by atoms with E-state index in [0.717, 1.165) is 11.6 Å². The topological polar surface area (TPSA) is 114 Å². The fraction of sp³-hybridized carbons (Fsp3) is 0.0455. The highest BCUT2D eigenvalue weighted by Gasteiger charge is 2.19. The van der Waals surface area contributed by atoms with Crippen LogP contribution in [0.25, 0.3) is 22.3 Å². The van der Waals surface area contributed by atoms with Gasteiger partial charge in [0.25, 0.3) is 0 Å². The molecule has 7 nitrogen and oxygen atoms in total. The molecule has 0 aliphatic heterocycles. The molecule has 1 aromatic heterocycles. The monoisotopic (exact) mass is 424 g/mol. The average molecular weight is 424 g/mol. The normalized spacial score (nSPS) is 11.5. The average Bonchev–Trinajstić information content (AvgIpc) is 2.68. The van der Waals surface area contributed by atoms with E-state index in [4.69, 9.17) is 8.60 Å². The van der Waals surface area contributed by atoms with Gasteiger partial charge in [0.05, 0.1) is 0 Å². The van der Waals surface area contributed by atoms with Gasteiger partial charge in [-0.2, -0.15) is 8.42 Å². The Morgan fingerprint density at radius 3 is 2.23 bits per heavy atom. The second kappa shape index (κ2) is 7.23. The second-order valence-corrected chi connectivity index (χ2v) is 8.23. The number of hydrogen-bond donors (Lipinski definition) is 2. The molecule has 152 valence electrons. The molecule has 0 bridgehead atoms. The van der Waals surface area contributed by atoms with E-state index in [9.17, 15) is 23.4 Å². The molecule has 4 rings (SSSR count). The van der Waals surface area contributed by atoms with Crippen LogP contribution in [-0.4, -0.2) is 18.6 Å². The van der Waals surface area contributed by atoms with Crippen molar-refractivity contribution in [2.24, 2.45) is 0 Å². The lowest BCUT2D eigenvalue weighted by Gasteiger charge is -2.10. The van der Waals surface area contributed by atoms with Crippen LogP contribution in [0.3, 0.4) is 0 Å². The lowest BCUT2D eigenvalue weighted by molar-refractivity contribution is 0.466. The minimum atomic E-state index is -4.15. The number of hydrogen-bond acceptors (Lipinski definition) is 7. The van der Waals surface area contributed by atoms with Crippen LogP contribution in [-0.2, 0) is 10.1 Å². The molecule has 0 saturated carbocycles. The fourth-order valence-corrected chi connectivity index (χ4v) is 3.85. The zero-order valence-electron chi connectivity index (χ0n) is 15.7. The van der Waals surface area contributed by atoms with Gasteiger partial charge < -0.3 is 18.8 Å². The first-order chi connectivity index (χ1) is 14.2. The molecular formula is C22H16O7S. The number of aryl methyl sites for hydroxylation is 1. The van der Waals surface area contributed by atoms with E-state index < -0.39 is 21.3 Å². The third-order valence-electron chi connectivity index (χ3n) is 4.45. The summed E-state index contributed by atoms with van der Waals surface area (Å²) in [7, 11) is -4.15. The molecule has 4 aromatic rings. The Hall–Kier alpha value is -3.78. The highest BCUT2D eigenvalue weighted by molar-refractivity contribution is 7.87. The van der Waals surface area contributed by atoms with Crippen molar-refractivity contribution in [3.63, 3.8) is 0 Å². The van der Waals surface area contributed by atoms with Gasteiger partial charge in [-0.15, -0.1) is 0 Å². The van der Waals surface area contributed by atoms with E-state index in [1.165, 1.54) is 36.4 Å². The highest BCUT2D eigenvalue weighted by atomic mass is 32.2. The number of aromatic hydroxyl groups is 2. The van der Waals surface area contributed by atoms with E-state index in [1.54, 1.807) is 24.3 Å². The summed E-state index contributed by atoms with van der Waals surface area (Å²) in [6.45, 7) is 1.83. The summed E-state index contributed by atoms with van der Waals surface area (Å²) >= 11 is 0. The van der Waals surface area contributed by atoms with Gasteiger partial charge in [-0.3, -0.25) is 4.79 Å². The molecule has 0 unspecified atom stereocenters. The summed E-state index contributed by atoms with van der Waals surface area (Å²) < 4.78 is 35.9. The first-order valence-electron chi connectivity index (χ1n) is 8.84. The number of benzene rings is 3. The smallest absolute Gasteiger partial charge is 0.339 e. The van der Waals surface area contributed by atoms with Gasteiger partial charge in [0.1, 0.15) is 38.9 Å². The van der Waals surface area contributed by atoms with Crippen molar-refractivity contribution in [2.75, 3.05) is 0 Å². The molecule has 0 amide bonds. The van der Waals surface area contributed by atoms with Gasteiger partial charge in [0.2, 0.25) is 0 Å². The highest BCUT2D eigenvalue weighted by Crippen LogP contribution is 2.32. The van der Waals surface area contributed by atoms with Crippen LogP contribution in [0.15, 0.2) is 80.8 Å². The molecule has 0 atom stereocenters. The van der Waals surface area contributed by atoms with Gasteiger partial charge >= 0.3 is 10.1 Å². The van der Waals surface area contributed by atoms with Crippen molar-refractivity contribution in [1.29, 1.82) is 0 Å². The van der Waals surface area contributed by atoms with E-state index in [2.05, 4.69) is 0 Å². The Morgan fingerprint density at radius 1 is 0.900 bits per heavy atom. The fourth-order valence-electron chi connectivity index (χ4n) is 2.94. The maximum atomic E-state index is 12.5. The van der Waals surface area contributed by atoms with Gasteiger partial charge in [0.15, 0.2) is 5.43 Å². The Kier molecular flexibility index (Phi) is 4.71. The molecule has 8 heteroatoms. The Balaban J connectivity index is 1.79. The molecule has 0 aliphatic rings. The molecular weight excluding hydrogens is 408 g/mol. The summed E-state index contributed by atoms with van der Waals surface area (Å²) in [6, 6.07) is 15.6. The van der Waals surface area contributed by atoms with Crippen LogP contribution in [0, 0.1) is 6.92 Å². The third-order valence-corrected chi connectivity index (χ3v) is 5.71. The number of phenolic OH excluding ortho intramolecular Hbond substituents is 2.